The fourth-order valence-corrected chi connectivity index (χ4v) is 3.18. The number of aliphatic hydroxyl groups excluding tert-OH is 1. The first-order valence-electron chi connectivity index (χ1n) is 7.52. The lowest BCUT2D eigenvalue weighted by Gasteiger charge is -2.35. The van der Waals surface area contributed by atoms with Gasteiger partial charge in [-0.05, 0) is 19.3 Å². The van der Waals surface area contributed by atoms with Crippen LogP contribution in [0.5, 0.6) is 0 Å². The lowest BCUT2D eigenvalue weighted by Crippen LogP contribution is -2.38. The molecule has 1 aliphatic rings. The molecule has 108 valence electrons. The maximum atomic E-state index is 9.69. The first-order chi connectivity index (χ1) is 9.19. The Balaban J connectivity index is 1.88. The van der Waals surface area contributed by atoms with Gasteiger partial charge in [-0.3, -0.25) is 4.68 Å². The second-order valence-corrected chi connectivity index (χ2v) is 5.95. The van der Waals surface area contributed by atoms with Crippen LogP contribution < -0.4 is 5.32 Å². The number of aryl methyl sites for hydroxylation is 2. The molecule has 0 aliphatic heterocycles. The number of hydrogen-bond donors (Lipinski definition) is 2. The molecule has 1 aromatic heterocycles. The summed E-state index contributed by atoms with van der Waals surface area (Å²) in [5, 5.41) is 17.7. The highest BCUT2D eigenvalue weighted by Crippen LogP contribution is 2.35. The van der Waals surface area contributed by atoms with Crippen LogP contribution in [-0.2, 0) is 20.0 Å². The Morgan fingerprint density at radius 3 is 2.74 bits per heavy atom. The molecule has 1 heterocycles. The molecule has 0 saturated heterocycles. The number of aliphatic hydroxyl groups is 1. The van der Waals surface area contributed by atoms with E-state index in [0.29, 0.717) is 6.61 Å². The second kappa shape index (κ2) is 6.53. The van der Waals surface area contributed by atoms with E-state index in [0.717, 1.165) is 32.4 Å². The minimum atomic E-state index is 0.118. The van der Waals surface area contributed by atoms with Crippen molar-refractivity contribution < 1.29 is 5.11 Å². The Labute approximate surface area is 116 Å². The molecular weight excluding hydrogens is 238 g/mol. The SMILES string of the molecule is CCc1nn(C)cc1CNCC1(CO)CCCCC1. The Kier molecular flexibility index (Phi) is 4.99. The Hall–Kier alpha value is -0.870. The molecule has 4 heteroatoms. The summed E-state index contributed by atoms with van der Waals surface area (Å²) >= 11 is 0. The van der Waals surface area contributed by atoms with Gasteiger partial charge in [0.05, 0.1) is 5.69 Å². The number of hydrogen-bond acceptors (Lipinski definition) is 3. The van der Waals surface area contributed by atoms with Crippen molar-refractivity contribution in [2.45, 2.75) is 52.0 Å². The smallest absolute Gasteiger partial charge is 0.0666 e. The summed E-state index contributed by atoms with van der Waals surface area (Å²) in [5.41, 5.74) is 2.58. The van der Waals surface area contributed by atoms with Crippen LogP contribution in [0.15, 0.2) is 6.20 Å². The molecule has 1 fully saturated rings. The summed E-state index contributed by atoms with van der Waals surface area (Å²) in [5.74, 6) is 0. The third-order valence-electron chi connectivity index (χ3n) is 4.39. The normalized spacial score (nSPS) is 18.7. The molecule has 0 radical (unpaired) electrons. The molecule has 1 aliphatic carbocycles. The topological polar surface area (TPSA) is 50.1 Å². The zero-order chi connectivity index (χ0) is 13.7. The summed E-state index contributed by atoms with van der Waals surface area (Å²) < 4.78 is 1.89. The molecule has 19 heavy (non-hydrogen) atoms. The highest BCUT2D eigenvalue weighted by molar-refractivity contribution is 5.16. The molecule has 1 saturated carbocycles. The van der Waals surface area contributed by atoms with Crippen LogP contribution in [0.3, 0.4) is 0 Å². The zero-order valence-corrected chi connectivity index (χ0v) is 12.3. The maximum absolute atomic E-state index is 9.69. The number of aromatic nitrogens is 2. The van der Waals surface area contributed by atoms with Gasteiger partial charge in [0.25, 0.3) is 0 Å². The Morgan fingerprint density at radius 2 is 2.11 bits per heavy atom. The third-order valence-corrected chi connectivity index (χ3v) is 4.39. The molecule has 0 unspecified atom stereocenters. The predicted molar refractivity (Wildman–Crippen MR) is 76.9 cm³/mol. The Bertz CT molecular complexity index is 394. The van der Waals surface area contributed by atoms with Crippen molar-refractivity contribution in [2.24, 2.45) is 12.5 Å². The van der Waals surface area contributed by atoms with Gasteiger partial charge in [0.1, 0.15) is 0 Å². The average molecular weight is 265 g/mol. The van der Waals surface area contributed by atoms with E-state index in [2.05, 4.69) is 23.5 Å². The van der Waals surface area contributed by atoms with Gasteiger partial charge in [-0.25, -0.2) is 0 Å². The molecule has 0 bridgehead atoms. The first kappa shape index (κ1) is 14.5. The number of nitrogens with zero attached hydrogens (tertiary/aromatic N) is 2. The lowest BCUT2D eigenvalue weighted by atomic mass is 9.74. The monoisotopic (exact) mass is 265 g/mol. The van der Waals surface area contributed by atoms with Gasteiger partial charge in [0, 0.05) is 43.9 Å². The molecule has 0 aromatic carbocycles. The minimum absolute atomic E-state index is 0.118. The predicted octanol–water partition coefficient (Wildman–Crippen LogP) is 2.01. The lowest BCUT2D eigenvalue weighted by molar-refractivity contribution is 0.0810. The quantitative estimate of drug-likeness (QED) is 0.827. The van der Waals surface area contributed by atoms with Crippen LogP contribution in [0, 0.1) is 5.41 Å². The average Bonchev–Trinajstić information content (AvgIpc) is 2.80. The van der Waals surface area contributed by atoms with E-state index in [1.807, 2.05) is 11.7 Å². The van der Waals surface area contributed by atoms with Gasteiger partial charge >= 0.3 is 0 Å². The molecular formula is C15H27N3O. The van der Waals surface area contributed by atoms with E-state index in [9.17, 15) is 5.11 Å². The third kappa shape index (κ3) is 3.57. The summed E-state index contributed by atoms with van der Waals surface area (Å²) in [6.45, 7) is 4.23. The summed E-state index contributed by atoms with van der Waals surface area (Å²) in [6.07, 6.45) is 9.23. The molecule has 0 spiro atoms. The highest BCUT2D eigenvalue weighted by atomic mass is 16.3. The summed E-state index contributed by atoms with van der Waals surface area (Å²) in [6, 6.07) is 0. The molecule has 2 rings (SSSR count). The fourth-order valence-electron chi connectivity index (χ4n) is 3.18. The zero-order valence-electron chi connectivity index (χ0n) is 12.3. The van der Waals surface area contributed by atoms with E-state index < -0.39 is 0 Å². The van der Waals surface area contributed by atoms with Crippen molar-refractivity contribution in [3.05, 3.63) is 17.5 Å². The van der Waals surface area contributed by atoms with Gasteiger partial charge < -0.3 is 10.4 Å². The van der Waals surface area contributed by atoms with Gasteiger partial charge in [0.2, 0.25) is 0 Å². The van der Waals surface area contributed by atoms with Gasteiger partial charge in [-0.1, -0.05) is 26.2 Å². The standard InChI is InChI=1S/C15H27N3O/c1-3-14-13(10-18(2)17-14)9-16-11-15(12-19)7-5-4-6-8-15/h10,16,19H,3-9,11-12H2,1-2H3. The molecule has 0 atom stereocenters. The fraction of sp³-hybridized carbons (Fsp3) is 0.800. The summed E-state index contributed by atoms with van der Waals surface area (Å²) in [4.78, 5) is 0. The van der Waals surface area contributed by atoms with Crippen molar-refractivity contribution in [1.29, 1.82) is 0 Å². The van der Waals surface area contributed by atoms with Gasteiger partial charge in [0.15, 0.2) is 0 Å². The van der Waals surface area contributed by atoms with Crippen molar-refractivity contribution >= 4 is 0 Å². The maximum Gasteiger partial charge on any atom is 0.0666 e. The Morgan fingerprint density at radius 1 is 1.37 bits per heavy atom. The van der Waals surface area contributed by atoms with E-state index in [-0.39, 0.29) is 5.41 Å². The van der Waals surface area contributed by atoms with Crippen molar-refractivity contribution in [3.8, 4) is 0 Å². The second-order valence-electron chi connectivity index (χ2n) is 5.95. The van der Waals surface area contributed by atoms with Crippen LogP contribution in [0.25, 0.3) is 0 Å². The van der Waals surface area contributed by atoms with Crippen LogP contribution >= 0.6 is 0 Å². The van der Waals surface area contributed by atoms with Crippen LogP contribution in [0.1, 0.15) is 50.3 Å². The minimum Gasteiger partial charge on any atom is -0.396 e. The largest absolute Gasteiger partial charge is 0.396 e. The van der Waals surface area contributed by atoms with Crippen LogP contribution in [0.2, 0.25) is 0 Å². The van der Waals surface area contributed by atoms with E-state index in [1.165, 1.54) is 30.5 Å². The van der Waals surface area contributed by atoms with E-state index >= 15 is 0 Å². The highest BCUT2D eigenvalue weighted by Gasteiger charge is 2.30. The van der Waals surface area contributed by atoms with Crippen LogP contribution in [0.4, 0.5) is 0 Å². The number of rotatable bonds is 6. The number of nitrogens with one attached hydrogen (secondary N) is 1. The molecule has 2 N–H and O–H groups in total. The van der Waals surface area contributed by atoms with Crippen molar-refractivity contribution in [3.63, 3.8) is 0 Å². The molecule has 1 aromatic rings. The van der Waals surface area contributed by atoms with E-state index in [4.69, 9.17) is 0 Å². The molecule has 0 amide bonds. The first-order valence-corrected chi connectivity index (χ1v) is 7.52. The van der Waals surface area contributed by atoms with Crippen molar-refractivity contribution in [2.75, 3.05) is 13.2 Å². The van der Waals surface area contributed by atoms with Gasteiger partial charge in [-0.15, -0.1) is 0 Å². The van der Waals surface area contributed by atoms with Crippen LogP contribution in [-0.4, -0.2) is 28.0 Å². The van der Waals surface area contributed by atoms with Gasteiger partial charge in [-0.2, -0.15) is 5.10 Å². The molecule has 4 nitrogen and oxygen atoms in total. The summed E-state index contributed by atoms with van der Waals surface area (Å²) in [7, 11) is 1.97. The van der Waals surface area contributed by atoms with Crippen molar-refractivity contribution in [1.82, 2.24) is 15.1 Å². The van der Waals surface area contributed by atoms with E-state index in [1.54, 1.807) is 0 Å².